The number of thiazole rings is 1. The Morgan fingerprint density at radius 1 is 1.50 bits per heavy atom. The molecule has 2 rings (SSSR count). The van der Waals surface area contributed by atoms with E-state index in [2.05, 4.69) is 15.0 Å². The van der Waals surface area contributed by atoms with Crippen LogP contribution in [0.25, 0.3) is 10.3 Å². The average molecular weight is 200 g/mol. The number of aromatic amines is 2. The van der Waals surface area contributed by atoms with Gasteiger partial charge in [0.25, 0.3) is 5.56 Å². The normalized spacial score (nSPS) is 10.7. The van der Waals surface area contributed by atoms with Crippen molar-refractivity contribution in [1.29, 1.82) is 0 Å². The zero-order valence-electron chi connectivity index (χ0n) is 5.75. The monoisotopic (exact) mass is 200 g/mol. The van der Waals surface area contributed by atoms with Crippen LogP contribution >= 0.6 is 23.6 Å². The van der Waals surface area contributed by atoms with E-state index in [1.807, 2.05) is 0 Å². The molecule has 0 aliphatic rings. The van der Waals surface area contributed by atoms with Crippen LogP contribution in [0.3, 0.4) is 0 Å². The minimum atomic E-state index is -0.247. The predicted molar refractivity (Wildman–Crippen MR) is 49.8 cm³/mol. The van der Waals surface area contributed by atoms with Crippen molar-refractivity contribution in [3.8, 4) is 0 Å². The van der Waals surface area contributed by atoms with E-state index in [4.69, 9.17) is 18.0 Å². The lowest BCUT2D eigenvalue weighted by Gasteiger charge is -1.85. The van der Waals surface area contributed by atoms with Crippen molar-refractivity contribution in [2.45, 2.75) is 0 Å². The van der Waals surface area contributed by atoms with Gasteiger partial charge in [0.05, 0.1) is 0 Å². The molecule has 0 aromatic carbocycles. The minimum Gasteiger partial charge on any atom is -0.375 e. The number of fused-ring (bicyclic) bond motifs is 1. The summed E-state index contributed by atoms with van der Waals surface area (Å²) in [6, 6.07) is 0. The number of nitrogens with zero attached hydrogens (tertiary/aromatic N) is 1. The Balaban J connectivity index is 3.08. The Morgan fingerprint density at radius 3 is 3.00 bits per heavy atom. The van der Waals surface area contributed by atoms with E-state index in [0.717, 1.165) is 11.3 Å². The van der Waals surface area contributed by atoms with Crippen molar-refractivity contribution in [3.63, 3.8) is 0 Å². The number of anilines is 1. The molecule has 0 aliphatic heterocycles. The number of aromatic nitrogens is 3. The largest absolute Gasteiger partial charge is 0.375 e. The summed E-state index contributed by atoms with van der Waals surface area (Å²) in [4.78, 5) is 20.2. The second kappa shape index (κ2) is 2.39. The molecule has 2 aromatic rings. The van der Waals surface area contributed by atoms with Gasteiger partial charge in [-0.2, -0.15) is 0 Å². The summed E-state index contributed by atoms with van der Waals surface area (Å²) in [6.45, 7) is 0. The molecule has 0 saturated carbocycles. The summed E-state index contributed by atoms with van der Waals surface area (Å²) in [5, 5.41) is 0.354. The van der Waals surface area contributed by atoms with Crippen LogP contribution in [-0.2, 0) is 0 Å². The number of hydrogen-bond acceptors (Lipinski definition) is 5. The smallest absolute Gasteiger partial charge is 0.271 e. The fourth-order valence-electron chi connectivity index (χ4n) is 0.874. The molecule has 12 heavy (non-hydrogen) atoms. The maximum absolute atomic E-state index is 11.2. The van der Waals surface area contributed by atoms with E-state index >= 15 is 0 Å². The van der Waals surface area contributed by atoms with Crippen molar-refractivity contribution in [3.05, 3.63) is 15.1 Å². The van der Waals surface area contributed by atoms with Gasteiger partial charge in [-0.25, -0.2) is 4.98 Å². The molecule has 0 unspecified atom stereocenters. The molecule has 0 atom stereocenters. The van der Waals surface area contributed by atoms with Crippen LogP contribution in [0.4, 0.5) is 5.13 Å². The summed E-state index contributed by atoms with van der Waals surface area (Å²) < 4.78 is 0.735. The molecule has 0 aliphatic carbocycles. The van der Waals surface area contributed by atoms with Gasteiger partial charge in [0.15, 0.2) is 15.5 Å². The highest BCUT2D eigenvalue weighted by atomic mass is 32.1. The summed E-state index contributed by atoms with van der Waals surface area (Å²) >= 11 is 5.88. The fraction of sp³-hybridized carbons (Fsp3) is 0. The van der Waals surface area contributed by atoms with Crippen LogP contribution in [0.5, 0.6) is 0 Å². The zero-order chi connectivity index (χ0) is 8.72. The number of hydrogen-bond donors (Lipinski definition) is 3. The standard InChI is InChI=1S/C5H4N4OS2/c6-4-7-2-1(12-4)3(10)9-5(11)8-2/h(H4,6,7,8,9,10,11). The molecule has 0 bridgehead atoms. The van der Waals surface area contributed by atoms with Crippen molar-refractivity contribution < 1.29 is 0 Å². The topological polar surface area (TPSA) is 87.6 Å². The van der Waals surface area contributed by atoms with Crippen molar-refractivity contribution in [1.82, 2.24) is 15.0 Å². The minimum absolute atomic E-state index is 0.247. The number of H-pyrrole nitrogens is 2. The highest BCUT2D eigenvalue weighted by Crippen LogP contribution is 2.16. The average Bonchev–Trinajstić information content (AvgIpc) is 2.29. The first kappa shape index (κ1) is 7.44. The zero-order valence-corrected chi connectivity index (χ0v) is 7.38. The van der Waals surface area contributed by atoms with E-state index in [0.29, 0.717) is 15.5 Å². The van der Waals surface area contributed by atoms with Crippen LogP contribution in [-0.4, -0.2) is 15.0 Å². The lowest BCUT2D eigenvalue weighted by atomic mass is 10.6. The Labute approximate surface area is 75.3 Å². The van der Waals surface area contributed by atoms with Crippen molar-refractivity contribution in [2.75, 3.05) is 5.73 Å². The molecule has 2 heterocycles. The fourth-order valence-corrected chi connectivity index (χ4v) is 1.75. The number of rotatable bonds is 0. The first-order chi connectivity index (χ1) is 5.66. The molecule has 0 amide bonds. The predicted octanol–water partition coefficient (Wildman–Crippen LogP) is 0.624. The molecule has 4 N–H and O–H groups in total. The summed E-state index contributed by atoms with van der Waals surface area (Å²) in [6.07, 6.45) is 0. The third-order valence-corrected chi connectivity index (χ3v) is 2.40. The molecular formula is C5H4N4OS2. The van der Waals surface area contributed by atoms with Gasteiger partial charge in [-0.1, -0.05) is 11.3 Å². The Bertz CT molecular complexity index is 536. The van der Waals surface area contributed by atoms with E-state index in [1.54, 1.807) is 0 Å². The summed E-state index contributed by atoms with van der Waals surface area (Å²) in [5.41, 5.74) is 5.61. The second-order valence-corrected chi connectivity index (χ2v) is 3.58. The van der Waals surface area contributed by atoms with Gasteiger partial charge < -0.3 is 10.7 Å². The van der Waals surface area contributed by atoms with Crippen LogP contribution in [0, 0.1) is 4.77 Å². The molecule has 5 nitrogen and oxygen atoms in total. The maximum atomic E-state index is 11.2. The van der Waals surface area contributed by atoms with Crippen molar-refractivity contribution in [2.24, 2.45) is 0 Å². The third-order valence-electron chi connectivity index (χ3n) is 1.31. The van der Waals surface area contributed by atoms with E-state index in [1.165, 1.54) is 0 Å². The molecule has 0 fully saturated rings. The molecule has 0 spiro atoms. The Hall–Kier alpha value is -1.21. The van der Waals surface area contributed by atoms with Crippen molar-refractivity contribution >= 4 is 39.0 Å². The van der Waals surface area contributed by atoms with Gasteiger partial charge in [0.1, 0.15) is 4.70 Å². The molecule has 7 heteroatoms. The number of nitrogens with one attached hydrogen (secondary N) is 2. The van der Waals surface area contributed by atoms with E-state index in [-0.39, 0.29) is 10.3 Å². The summed E-state index contributed by atoms with van der Waals surface area (Å²) in [5.74, 6) is 0. The number of nitrogens with two attached hydrogens (primary N) is 1. The second-order valence-electron chi connectivity index (χ2n) is 2.14. The maximum Gasteiger partial charge on any atom is 0.271 e. The van der Waals surface area contributed by atoms with Crippen LogP contribution in [0.1, 0.15) is 0 Å². The molecule has 0 saturated heterocycles. The first-order valence-electron chi connectivity index (χ1n) is 3.05. The van der Waals surface area contributed by atoms with Gasteiger partial charge in [-0.05, 0) is 12.2 Å². The van der Waals surface area contributed by atoms with Gasteiger partial charge >= 0.3 is 0 Å². The molecule has 0 radical (unpaired) electrons. The third kappa shape index (κ3) is 1.03. The van der Waals surface area contributed by atoms with E-state index in [9.17, 15) is 4.79 Å². The summed E-state index contributed by atoms with van der Waals surface area (Å²) in [7, 11) is 0. The van der Waals surface area contributed by atoms with E-state index < -0.39 is 0 Å². The molecular weight excluding hydrogens is 196 g/mol. The molecule has 2 aromatic heterocycles. The van der Waals surface area contributed by atoms with Gasteiger partial charge in [-0.3, -0.25) is 9.78 Å². The van der Waals surface area contributed by atoms with Crippen LogP contribution in [0.2, 0.25) is 0 Å². The Morgan fingerprint density at radius 2 is 2.25 bits per heavy atom. The number of nitrogen functional groups attached to an aromatic ring is 1. The Kier molecular flexibility index (Phi) is 1.48. The lowest BCUT2D eigenvalue weighted by Crippen LogP contribution is -2.05. The van der Waals surface area contributed by atoms with Gasteiger partial charge in [-0.15, -0.1) is 0 Å². The van der Waals surface area contributed by atoms with Crippen LogP contribution < -0.4 is 11.3 Å². The highest BCUT2D eigenvalue weighted by molar-refractivity contribution is 7.71. The SMILES string of the molecule is Nc1nc2[nH]c(=S)[nH]c(=O)c2s1. The first-order valence-corrected chi connectivity index (χ1v) is 4.28. The van der Waals surface area contributed by atoms with Gasteiger partial charge in [0.2, 0.25) is 0 Å². The van der Waals surface area contributed by atoms with Crippen LogP contribution in [0.15, 0.2) is 4.79 Å². The molecule has 62 valence electrons. The highest BCUT2D eigenvalue weighted by Gasteiger charge is 2.04. The van der Waals surface area contributed by atoms with Gasteiger partial charge in [0, 0.05) is 0 Å². The quantitative estimate of drug-likeness (QED) is 0.544. The lowest BCUT2D eigenvalue weighted by molar-refractivity contribution is 1.13.